The van der Waals surface area contributed by atoms with E-state index in [-0.39, 0.29) is 18.0 Å². The second kappa shape index (κ2) is 9.60. The van der Waals surface area contributed by atoms with Gasteiger partial charge in [0.1, 0.15) is 6.04 Å². The summed E-state index contributed by atoms with van der Waals surface area (Å²) in [6.07, 6.45) is -3.02. The largest absolute Gasteiger partial charge is 0.405 e. The average molecular weight is 432 g/mol. The van der Waals surface area contributed by atoms with Gasteiger partial charge in [0.05, 0.1) is 23.1 Å². The topological polar surface area (TPSA) is 62.2 Å². The van der Waals surface area contributed by atoms with Gasteiger partial charge in [0.25, 0.3) is 5.91 Å². The number of aryl methyl sites for hydroxylation is 1. The molecule has 1 aromatic heterocycles. The average Bonchev–Trinajstić information content (AvgIpc) is 3.03. The molecule has 1 aromatic carbocycles. The zero-order chi connectivity index (χ0) is 20.3. The summed E-state index contributed by atoms with van der Waals surface area (Å²) in [4.78, 5) is 13.9. The molecule has 2 heterocycles. The van der Waals surface area contributed by atoms with E-state index in [9.17, 15) is 18.0 Å². The maximum Gasteiger partial charge on any atom is 0.405 e. The Morgan fingerprint density at radius 3 is 2.52 bits per heavy atom. The van der Waals surface area contributed by atoms with Gasteiger partial charge in [-0.05, 0) is 25.5 Å². The molecule has 1 unspecified atom stereocenters. The number of rotatable bonds is 5. The summed E-state index contributed by atoms with van der Waals surface area (Å²) in [5.74, 6) is -0.554. The number of carbonyl (C=O) groups excluding carboxylic acids is 1. The number of para-hydroxylation sites is 1. The second-order valence-electron chi connectivity index (χ2n) is 6.90. The molecule has 1 amide bonds. The van der Waals surface area contributed by atoms with Crippen molar-refractivity contribution in [1.82, 2.24) is 25.3 Å². The van der Waals surface area contributed by atoms with Gasteiger partial charge in [-0.1, -0.05) is 18.2 Å². The first kappa shape index (κ1) is 23.2. The number of amides is 1. The molecule has 0 spiro atoms. The van der Waals surface area contributed by atoms with Gasteiger partial charge in [-0.15, -0.1) is 12.4 Å². The molecule has 2 N–H and O–H groups in total. The van der Waals surface area contributed by atoms with Gasteiger partial charge in [0, 0.05) is 32.7 Å². The van der Waals surface area contributed by atoms with Crippen molar-refractivity contribution in [3.8, 4) is 5.69 Å². The van der Waals surface area contributed by atoms with Gasteiger partial charge in [0.15, 0.2) is 0 Å². The predicted octanol–water partition coefficient (Wildman–Crippen LogP) is 2.48. The van der Waals surface area contributed by atoms with E-state index in [1.54, 1.807) is 11.6 Å². The lowest BCUT2D eigenvalue weighted by Crippen LogP contribution is -2.57. The van der Waals surface area contributed by atoms with E-state index in [2.05, 4.69) is 15.7 Å². The summed E-state index contributed by atoms with van der Waals surface area (Å²) >= 11 is 0. The molecule has 160 valence electrons. The third-order valence-electron chi connectivity index (χ3n) is 5.02. The van der Waals surface area contributed by atoms with E-state index >= 15 is 0 Å². The maximum atomic E-state index is 13.5. The number of alkyl halides is 3. The van der Waals surface area contributed by atoms with Crippen molar-refractivity contribution in [2.45, 2.75) is 26.1 Å². The maximum absolute atomic E-state index is 13.5. The van der Waals surface area contributed by atoms with Crippen LogP contribution in [-0.2, 0) is 0 Å². The van der Waals surface area contributed by atoms with Crippen LogP contribution in [0.3, 0.4) is 0 Å². The third-order valence-corrected chi connectivity index (χ3v) is 5.02. The Balaban J connectivity index is 0.00000300. The van der Waals surface area contributed by atoms with Crippen molar-refractivity contribution < 1.29 is 18.0 Å². The highest BCUT2D eigenvalue weighted by Gasteiger charge is 2.43. The van der Waals surface area contributed by atoms with Crippen LogP contribution in [-0.4, -0.2) is 65.5 Å². The number of nitrogens with one attached hydrogen (secondary N) is 2. The van der Waals surface area contributed by atoms with Gasteiger partial charge < -0.3 is 10.6 Å². The highest BCUT2D eigenvalue weighted by Crippen LogP contribution is 2.25. The van der Waals surface area contributed by atoms with Gasteiger partial charge in [-0.2, -0.15) is 18.3 Å². The zero-order valence-corrected chi connectivity index (χ0v) is 17.1. The lowest BCUT2D eigenvalue weighted by Gasteiger charge is -2.35. The molecule has 0 aliphatic carbocycles. The Morgan fingerprint density at radius 2 is 1.90 bits per heavy atom. The molecule has 29 heavy (non-hydrogen) atoms. The van der Waals surface area contributed by atoms with E-state index in [1.165, 1.54) is 11.1 Å². The molecule has 1 atom stereocenters. The highest BCUT2D eigenvalue weighted by molar-refractivity contribution is 5.95. The first-order valence-electron chi connectivity index (χ1n) is 9.19. The Bertz CT molecular complexity index is 833. The number of carbonyl (C=O) groups is 1. The van der Waals surface area contributed by atoms with E-state index in [1.807, 2.05) is 31.2 Å². The van der Waals surface area contributed by atoms with Crippen LogP contribution in [0, 0.1) is 13.8 Å². The van der Waals surface area contributed by atoms with Crippen molar-refractivity contribution >= 4 is 18.3 Å². The molecule has 6 nitrogen and oxygen atoms in total. The quantitative estimate of drug-likeness (QED) is 0.763. The summed E-state index contributed by atoms with van der Waals surface area (Å²) in [6.45, 7) is 4.76. The molecule has 0 radical (unpaired) electrons. The molecule has 10 heteroatoms. The second-order valence-corrected chi connectivity index (χ2v) is 6.90. The van der Waals surface area contributed by atoms with Crippen LogP contribution >= 0.6 is 12.4 Å². The minimum Gasteiger partial charge on any atom is -0.350 e. The minimum atomic E-state index is -4.41. The molecule has 1 aliphatic rings. The van der Waals surface area contributed by atoms with Crippen LogP contribution in [0.2, 0.25) is 0 Å². The molecule has 3 rings (SSSR count). The lowest BCUT2D eigenvalue weighted by atomic mass is 10.1. The molecule has 1 saturated heterocycles. The van der Waals surface area contributed by atoms with Gasteiger partial charge >= 0.3 is 6.18 Å². The van der Waals surface area contributed by atoms with Crippen molar-refractivity contribution in [3.05, 3.63) is 47.3 Å². The lowest BCUT2D eigenvalue weighted by molar-refractivity contribution is -0.183. The first-order valence-corrected chi connectivity index (χ1v) is 9.19. The standard InChI is InChI=1S/C19H24F3N5O.ClH/c1-13-5-3-4-6-16(13)27-14(2)15(11-25-27)18(28)24-12-17(19(20,21)22)26-9-7-23-8-10-26;/h3-6,11,17,23H,7-10,12H2,1-2H3,(H,24,28);1H. The monoisotopic (exact) mass is 431 g/mol. The Labute approximate surface area is 173 Å². The normalized spacial score (nSPS) is 16.2. The Morgan fingerprint density at radius 1 is 1.24 bits per heavy atom. The molecule has 0 saturated carbocycles. The summed E-state index contributed by atoms with van der Waals surface area (Å²) < 4.78 is 42.1. The van der Waals surface area contributed by atoms with Crippen molar-refractivity contribution in [2.24, 2.45) is 0 Å². The van der Waals surface area contributed by atoms with Crippen LogP contribution in [0.4, 0.5) is 13.2 Å². The highest BCUT2D eigenvalue weighted by atomic mass is 35.5. The number of benzene rings is 1. The number of halogens is 4. The molecular weight excluding hydrogens is 407 g/mol. The SMILES string of the molecule is Cc1ccccc1-n1ncc(C(=O)NCC(N2CCNCC2)C(F)(F)F)c1C.Cl. The van der Waals surface area contributed by atoms with Gasteiger partial charge in [0.2, 0.25) is 0 Å². The Hall–Kier alpha value is -2.10. The fourth-order valence-electron chi connectivity index (χ4n) is 3.41. The van der Waals surface area contributed by atoms with E-state index in [0.717, 1.165) is 11.3 Å². The van der Waals surface area contributed by atoms with Crippen LogP contribution in [0.5, 0.6) is 0 Å². The minimum absolute atomic E-state index is 0. The summed E-state index contributed by atoms with van der Waals surface area (Å²) in [6, 6.07) is 5.87. The van der Waals surface area contributed by atoms with Crippen LogP contribution in [0.1, 0.15) is 21.6 Å². The fraction of sp³-hybridized carbons (Fsp3) is 0.474. The van der Waals surface area contributed by atoms with Gasteiger partial charge in [-0.3, -0.25) is 9.69 Å². The van der Waals surface area contributed by atoms with Crippen LogP contribution in [0.15, 0.2) is 30.5 Å². The van der Waals surface area contributed by atoms with Crippen molar-refractivity contribution in [1.29, 1.82) is 0 Å². The third kappa shape index (κ3) is 5.29. The fourth-order valence-corrected chi connectivity index (χ4v) is 3.41. The van der Waals surface area contributed by atoms with Gasteiger partial charge in [-0.25, -0.2) is 4.68 Å². The summed E-state index contributed by atoms with van der Waals surface area (Å²) in [5.41, 5.74) is 2.66. The summed E-state index contributed by atoms with van der Waals surface area (Å²) in [5, 5.41) is 9.73. The first-order chi connectivity index (χ1) is 13.3. The van der Waals surface area contributed by atoms with Crippen LogP contribution < -0.4 is 10.6 Å². The summed E-state index contributed by atoms with van der Waals surface area (Å²) in [7, 11) is 0. The number of aromatic nitrogens is 2. The Kier molecular flexibility index (Phi) is 7.67. The number of hydrogen-bond acceptors (Lipinski definition) is 4. The number of hydrogen-bond donors (Lipinski definition) is 2. The van der Waals surface area contributed by atoms with Crippen LogP contribution in [0.25, 0.3) is 5.69 Å². The zero-order valence-electron chi connectivity index (χ0n) is 16.3. The molecule has 1 aliphatic heterocycles. The predicted molar refractivity (Wildman–Crippen MR) is 107 cm³/mol. The van der Waals surface area contributed by atoms with Crippen molar-refractivity contribution in [2.75, 3.05) is 32.7 Å². The van der Waals surface area contributed by atoms with E-state index < -0.39 is 24.7 Å². The molecule has 1 fully saturated rings. The number of piperazine rings is 1. The molecular formula is C19H25ClF3N5O. The van der Waals surface area contributed by atoms with E-state index in [0.29, 0.717) is 31.9 Å². The molecule has 2 aromatic rings. The van der Waals surface area contributed by atoms with Crippen molar-refractivity contribution in [3.63, 3.8) is 0 Å². The number of nitrogens with zero attached hydrogens (tertiary/aromatic N) is 3. The van der Waals surface area contributed by atoms with E-state index in [4.69, 9.17) is 0 Å². The smallest absolute Gasteiger partial charge is 0.350 e. The molecule has 0 bridgehead atoms.